The average Bonchev–Trinajstić information content (AvgIpc) is 3.45. The van der Waals surface area contributed by atoms with Gasteiger partial charge in [0.1, 0.15) is 17.4 Å². The third-order valence-corrected chi connectivity index (χ3v) is 8.14. The van der Waals surface area contributed by atoms with Gasteiger partial charge < -0.3 is 14.8 Å². The van der Waals surface area contributed by atoms with E-state index in [-0.39, 0.29) is 23.8 Å². The maximum Gasteiger partial charge on any atom is 0.333 e. The zero-order valence-electron chi connectivity index (χ0n) is 24.2. The lowest BCUT2D eigenvalue weighted by Crippen LogP contribution is -2.35. The van der Waals surface area contributed by atoms with E-state index in [2.05, 4.69) is 17.4 Å². The van der Waals surface area contributed by atoms with Gasteiger partial charge in [0.15, 0.2) is 0 Å². The van der Waals surface area contributed by atoms with Crippen molar-refractivity contribution in [2.45, 2.75) is 71.9 Å². The van der Waals surface area contributed by atoms with Gasteiger partial charge in [-0.1, -0.05) is 61.7 Å². The summed E-state index contributed by atoms with van der Waals surface area (Å²) in [7, 11) is 0. The summed E-state index contributed by atoms with van der Waals surface area (Å²) in [5.41, 5.74) is 4.48. The molecule has 1 atom stereocenters. The van der Waals surface area contributed by atoms with E-state index in [9.17, 15) is 9.59 Å². The van der Waals surface area contributed by atoms with Gasteiger partial charge in [0.2, 0.25) is 5.91 Å². The van der Waals surface area contributed by atoms with E-state index in [0.717, 1.165) is 58.8 Å². The number of benzene rings is 2. The Morgan fingerprint density at radius 1 is 1.02 bits per heavy atom. The zero-order chi connectivity index (χ0) is 29.0. The summed E-state index contributed by atoms with van der Waals surface area (Å²) in [6, 6.07) is 17.9. The molecular formula is C34H40N2O4S. The van der Waals surface area contributed by atoms with Gasteiger partial charge >= 0.3 is 5.97 Å². The van der Waals surface area contributed by atoms with Gasteiger partial charge in [-0.3, -0.25) is 4.79 Å². The first kappa shape index (κ1) is 30.3. The summed E-state index contributed by atoms with van der Waals surface area (Å²) < 4.78 is 11.0. The Morgan fingerprint density at radius 3 is 2.46 bits per heavy atom. The smallest absolute Gasteiger partial charge is 0.333 e. The molecule has 41 heavy (non-hydrogen) atoms. The summed E-state index contributed by atoms with van der Waals surface area (Å²) in [6.45, 7) is 6.34. The van der Waals surface area contributed by atoms with Crippen molar-refractivity contribution in [3.05, 3.63) is 99.0 Å². The van der Waals surface area contributed by atoms with Crippen LogP contribution in [0.4, 0.5) is 0 Å². The molecule has 3 aromatic rings. The maximum atomic E-state index is 13.3. The number of amides is 1. The molecule has 4 rings (SSSR count). The summed E-state index contributed by atoms with van der Waals surface area (Å²) >= 11 is 1.54. The van der Waals surface area contributed by atoms with Crippen LogP contribution in [0.5, 0.6) is 5.75 Å². The van der Waals surface area contributed by atoms with Crippen molar-refractivity contribution in [3.8, 4) is 5.75 Å². The van der Waals surface area contributed by atoms with Gasteiger partial charge in [-0.15, -0.1) is 11.3 Å². The van der Waals surface area contributed by atoms with Crippen LogP contribution in [0.1, 0.15) is 80.7 Å². The minimum absolute atomic E-state index is 0.0672. The highest BCUT2D eigenvalue weighted by molar-refractivity contribution is 7.09. The highest BCUT2D eigenvalue weighted by Crippen LogP contribution is 2.28. The van der Waals surface area contributed by atoms with E-state index in [4.69, 9.17) is 14.5 Å². The van der Waals surface area contributed by atoms with Gasteiger partial charge in [-0.25, -0.2) is 9.78 Å². The summed E-state index contributed by atoms with van der Waals surface area (Å²) in [5, 5.41) is 6.18. The minimum atomic E-state index is -0.318. The van der Waals surface area contributed by atoms with Gasteiger partial charge in [0.25, 0.3) is 0 Å². The van der Waals surface area contributed by atoms with Crippen LogP contribution < -0.4 is 10.1 Å². The highest BCUT2D eigenvalue weighted by Gasteiger charge is 2.25. The van der Waals surface area contributed by atoms with Gasteiger partial charge in [-0.05, 0) is 81.0 Å². The van der Waals surface area contributed by atoms with Crippen molar-refractivity contribution in [2.24, 2.45) is 5.92 Å². The van der Waals surface area contributed by atoms with Crippen molar-refractivity contribution in [2.75, 3.05) is 6.61 Å². The third kappa shape index (κ3) is 9.42. The fraction of sp³-hybridized carbons (Fsp3) is 0.382. The van der Waals surface area contributed by atoms with Crippen LogP contribution in [0, 0.1) is 5.92 Å². The molecule has 1 N–H and O–H groups in total. The first-order chi connectivity index (χ1) is 19.9. The monoisotopic (exact) mass is 572 g/mol. The molecule has 1 heterocycles. The number of carbonyl (C=O) groups is 2. The number of hydrogen-bond acceptors (Lipinski definition) is 6. The average molecular weight is 573 g/mol. The highest BCUT2D eigenvalue weighted by atomic mass is 32.1. The Morgan fingerprint density at radius 2 is 1.76 bits per heavy atom. The quantitative estimate of drug-likeness (QED) is 0.137. The van der Waals surface area contributed by atoms with Crippen LogP contribution in [-0.2, 0) is 27.4 Å². The standard InChI is InChI=1S/C34H40N2O4S/c1-4-39-34(38)25(3)19-24(2)20-29-23-41-33(35-29)31(36-32(37)28-13-9-6-10-14-28)21-26-15-17-30(18-16-26)40-22-27-11-7-5-8-12-27/h5,7-8,11-12,15-20,23,28,31H,4,6,9-10,13-14,21-22H2,1-3H3,(H,36,37)/b24-20-,25-19-/t31-/m0/s1. The van der Waals surface area contributed by atoms with Crippen molar-refractivity contribution in [1.29, 1.82) is 0 Å². The number of esters is 1. The fourth-order valence-electron chi connectivity index (χ4n) is 5.00. The molecule has 7 heteroatoms. The number of hydrogen-bond donors (Lipinski definition) is 1. The molecule has 0 aliphatic heterocycles. The summed E-state index contributed by atoms with van der Waals surface area (Å²) in [5.74, 6) is 0.677. The van der Waals surface area contributed by atoms with E-state index in [1.54, 1.807) is 31.3 Å². The first-order valence-corrected chi connectivity index (χ1v) is 15.3. The predicted octanol–water partition coefficient (Wildman–Crippen LogP) is 7.62. The van der Waals surface area contributed by atoms with Crippen LogP contribution in [0.2, 0.25) is 0 Å². The van der Waals surface area contributed by atoms with Crippen LogP contribution in [0.3, 0.4) is 0 Å². The number of rotatable bonds is 12. The van der Waals surface area contributed by atoms with E-state index in [1.165, 1.54) is 6.42 Å². The SMILES string of the molecule is CCOC(=O)/C(C)=C\C(C)=C/c1csc([C@H](Cc2ccc(OCc3ccccc3)cc2)NC(=O)C2CCCCC2)n1. The van der Waals surface area contributed by atoms with Crippen molar-refractivity contribution < 1.29 is 19.1 Å². The van der Waals surface area contributed by atoms with Crippen molar-refractivity contribution in [1.82, 2.24) is 10.3 Å². The lowest BCUT2D eigenvalue weighted by atomic mass is 9.88. The number of allylic oxidation sites excluding steroid dienone is 2. The van der Waals surface area contributed by atoms with Gasteiger partial charge in [-0.2, -0.15) is 0 Å². The molecule has 1 aliphatic carbocycles. The van der Waals surface area contributed by atoms with Crippen molar-refractivity contribution >= 4 is 29.3 Å². The van der Waals surface area contributed by atoms with E-state index in [0.29, 0.717) is 25.2 Å². The predicted molar refractivity (Wildman–Crippen MR) is 165 cm³/mol. The van der Waals surface area contributed by atoms with Crippen molar-refractivity contribution in [3.63, 3.8) is 0 Å². The Kier molecular flexibility index (Phi) is 11.3. The molecule has 2 aromatic carbocycles. The Balaban J connectivity index is 1.47. The fourth-order valence-corrected chi connectivity index (χ4v) is 5.83. The number of thiazole rings is 1. The summed E-state index contributed by atoms with van der Waals surface area (Å²) in [6.07, 6.45) is 9.70. The molecule has 0 spiro atoms. The number of aromatic nitrogens is 1. The molecular weight excluding hydrogens is 532 g/mol. The van der Waals surface area contributed by atoms with Gasteiger partial charge in [0.05, 0.1) is 18.3 Å². The van der Waals surface area contributed by atoms with Crippen LogP contribution in [-0.4, -0.2) is 23.5 Å². The van der Waals surface area contributed by atoms with Gasteiger partial charge in [0, 0.05) is 16.9 Å². The number of nitrogens with one attached hydrogen (secondary N) is 1. The van der Waals surface area contributed by atoms with Crippen LogP contribution >= 0.6 is 11.3 Å². The molecule has 0 unspecified atom stereocenters. The second kappa shape index (κ2) is 15.3. The molecule has 0 bridgehead atoms. The first-order valence-electron chi connectivity index (χ1n) is 14.5. The Hall–Kier alpha value is -3.71. The van der Waals surface area contributed by atoms with E-state index in [1.807, 2.05) is 60.8 Å². The zero-order valence-corrected chi connectivity index (χ0v) is 25.0. The number of ether oxygens (including phenoxy) is 2. The molecule has 216 valence electrons. The molecule has 6 nitrogen and oxygen atoms in total. The largest absolute Gasteiger partial charge is 0.489 e. The Labute approximate surface area is 247 Å². The molecule has 1 fully saturated rings. The molecule has 0 saturated heterocycles. The van der Waals surface area contributed by atoms with Crippen LogP contribution in [0.25, 0.3) is 6.08 Å². The molecule has 1 saturated carbocycles. The maximum absolute atomic E-state index is 13.3. The third-order valence-electron chi connectivity index (χ3n) is 7.16. The lowest BCUT2D eigenvalue weighted by Gasteiger charge is -2.24. The van der Waals surface area contributed by atoms with E-state index >= 15 is 0 Å². The molecule has 0 radical (unpaired) electrons. The minimum Gasteiger partial charge on any atom is -0.489 e. The van der Waals surface area contributed by atoms with Crippen LogP contribution in [0.15, 0.2) is 77.2 Å². The second-order valence-corrected chi connectivity index (χ2v) is 11.5. The topological polar surface area (TPSA) is 77.5 Å². The normalized spacial score (nSPS) is 15.3. The summed E-state index contributed by atoms with van der Waals surface area (Å²) in [4.78, 5) is 30.1. The van der Waals surface area contributed by atoms with E-state index < -0.39 is 0 Å². The number of carbonyl (C=O) groups excluding carboxylic acids is 2. The molecule has 1 aliphatic rings. The lowest BCUT2D eigenvalue weighted by molar-refractivity contribution is -0.138. The Bertz CT molecular complexity index is 1340. The number of nitrogens with zero attached hydrogens (tertiary/aromatic N) is 1. The molecule has 1 amide bonds. The second-order valence-electron chi connectivity index (χ2n) is 10.6. The molecule has 1 aromatic heterocycles.